The summed E-state index contributed by atoms with van der Waals surface area (Å²) in [6.07, 6.45) is 1.73. The first-order valence-electron chi connectivity index (χ1n) is 4.83. The van der Waals surface area contributed by atoms with Crippen molar-refractivity contribution in [3.8, 4) is 0 Å². The van der Waals surface area contributed by atoms with Gasteiger partial charge in [0, 0.05) is 6.20 Å². The van der Waals surface area contributed by atoms with Crippen LogP contribution in [0.1, 0.15) is 17.3 Å². The summed E-state index contributed by atoms with van der Waals surface area (Å²) in [5.74, 6) is 3.40. The molecule has 15 heavy (non-hydrogen) atoms. The third-order valence-electron chi connectivity index (χ3n) is 2.02. The lowest BCUT2D eigenvalue weighted by Gasteiger charge is -2.03. The zero-order valence-electron chi connectivity index (χ0n) is 8.82. The Hall–Kier alpha value is -1.84. The van der Waals surface area contributed by atoms with E-state index in [4.69, 9.17) is 4.42 Å². The van der Waals surface area contributed by atoms with Crippen LogP contribution in [0, 0.1) is 13.8 Å². The molecule has 0 amide bonds. The highest BCUT2D eigenvalue weighted by atomic mass is 16.3. The van der Waals surface area contributed by atoms with Crippen LogP contribution in [0.25, 0.3) is 0 Å². The Bertz CT molecular complexity index is 451. The molecule has 0 aliphatic carbocycles. The topological polar surface area (TPSA) is 51.0 Å². The Morgan fingerprint density at radius 3 is 2.80 bits per heavy atom. The summed E-state index contributed by atoms with van der Waals surface area (Å²) < 4.78 is 5.43. The van der Waals surface area contributed by atoms with Gasteiger partial charge >= 0.3 is 0 Å². The standard InChI is InChI=1S/C11H13N3O/c1-8-3-4-10(15-8)7-13-11-5-6-12-9(2)14-11/h3-6H,7H2,1-2H3,(H,12,13,14). The van der Waals surface area contributed by atoms with Crippen LogP contribution in [-0.2, 0) is 6.54 Å². The van der Waals surface area contributed by atoms with Crippen molar-refractivity contribution in [2.75, 3.05) is 5.32 Å². The maximum atomic E-state index is 5.43. The van der Waals surface area contributed by atoms with Crippen molar-refractivity contribution in [3.63, 3.8) is 0 Å². The van der Waals surface area contributed by atoms with Crippen LogP contribution >= 0.6 is 0 Å². The van der Waals surface area contributed by atoms with Gasteiger partial charge in [-0.15, -0.1) is 0 Å². The number of aryl methyl sites for hydroxylation is 2. The van der Waals surface area contributed by atoms with Gasteiger partial charge in [0.05, 0.1) is 6.54 Å². The second-order valence-corrected chi connectivity index (χ2v) is 3.36. The van der Waals surface area contributed by atoms with Gasteiger partial charge in [0.25, 0.3) is 0 Å². The van der Waals surface area contributed by atoms with E-state index in [0.29, 0.717) is 6.54 Å². The quantitative estimate of drug-likeness (QED) is 0.831. The molecule has 0 atom stereocenters. The van der Waals surface area contributed by atoms with E-state index in [-0.39, 0.29) is 0 Å². The molecule has 2 rings (SSSR count). The van der Waals surface area contributed by atoms with Crippen molar-refractivity contribution in [3.05, 3.63) is 41.7 Å². The maximum absolute atomic E-state index is 5.43. The minimum absolute atomic E-state index is 0.643. The molecule has 4 nitrogen and oxygen atoms in total. The second kappa shape index (κ2) is 4.13. The maximum Gasteiger partial charge on any atom is 0.130 e. The van der Waals surface area contributed by atoms with Crippen LogP contribution in [0.3, 0.4) is 0 Å². The molecular formula is C11H13N3O. The lowest BCUT2D eigenvalue weighted by Crippen LogP contribution is -2.01. The van der Waals surface area contributed by atoms with E-state index in [0.717, 1.165) is 23.2 Å². The minimum atomic E-state index is 0.643. The summed E-state index contributed by atoms with van der Waals surface area (Å²) >= 11 is 0. The number of nitrogens with zero attached hydrogens (tertiary/aromatic N) is 2. The van der Waals surface area contributed by atoms with Gasteiger partial charge in [-0.25, -0.2) is 9.97 Å². The fourth-order valence-electron chi connectivity index (χ4n) is 1.31. The molecular weight excluding hydrogens is 190 g/mol. The number of aromatic nitrogens is 2. The fourth-order valence-corrected chi connectivity index (χ4v) is 1.31. The Morgan fingerprint density at radius 1 is 1.27 bits per heavy atom. The van der Waals surface area contributed by atoms with Gasteiger partial charge in [0.2, 0.25) is 0 Å². The predicted molar refractivity (Wildman–Crippen MR) is 57.5 cm³/mol. The third kappa shape index (κ3) is 2.56. The Kier molecular flexibility index (Phi) is 2.67. The first-order valence-corrected chi connectivity index (χ1v) is 4.83. The van der Waals surface area contributed by atoms with Crippen LogP contribution in [0.2, 0.25) is 0 Å². The first-order chi connectivity index (χ1) is 7.24. The smallest absolute Gasteiger partial charge is 0.130 e. The highest BCUT2D eigenvalue weighted by Crippen LogP contribution is 2.09. The average molecular weight is 203 g/mol. The van der Waals surface area contributed by atoms with Crippen molar-refractivity contribution in [2.24, 2.45) is 0 Å². The van der Waals surface area contributed by atoms with Crippen molar-refractivity contribution in [1.29, 1.82) is 0 Å². The zero-order valence-corrected chi connectivity index (χ0v) is 8.82. The molecule has 2 aromatic rings. The van der Waals surface area contributed by atoms with E-state index in [2.05, 4.69) is 15.3 Å². The molecule has 0 aromatic carbocycles. The van der Waals surface area contributed by atoms with E-state index < -0.39 is 0 Å². The van der Waals surface area contributed by atoms with Crippen molar-refractivity contribution < 1.29 is 4.42 Å². The molecule has 2 heterocycles. The van der Waals surface area contributed by atoms with Crippen LogP contribution in [-0.4, -0.2) is 9.97 Å². The molecule has 0 bridgehead atoms. The van der Waals surface area contributed by atoms with Crippen molar-refractivity contribution in [1.82, 2.24) is 9.97 Å². The number of hydrogen-bond acceptors (Lipinski definition) is 4. The zero-order chi connectivity index (χ0) is 10.7. The predicted octanol–water partition coefficient (Wildman–Crippen LogP) is 2.30. The SMILES string of the molecule is Cc1nccc(NCc2ccc(C)o2)n1. The lowest BCUT2D eigenvalue weighted by molar-refractivity contribution is 0.490. The lowest BCUT2D eigenvalue weighted by atomic mass is 10.4. The molecule has 1 N–H and O–H groups in total. The molecule has 0 fully saturated rings. The Balaban J connectivity index is 1.99. The number of rotatable bonds is 3. The fraction of sp³-hybridized carbons (Fsp3) is 0.273. The van der Waals surface area contributed by atoms with E-state index in [1.54, 1.807) is 6.20 Å². The molecule has 2 aromatic heterocycles. The number of nitrogens with one attached hydrogen (secondary N) is 1. The summed E-state index contributed by atoms with van der Waals surface area (Å²) in [4.78, 5) is 8.26. The average Bonchev–Trinajstić information content (AvgIpc) is 2.62. The van der Waals surface area contributed by atoms with Crippen molar-refractivity contribution in [2.45, 2.75) is 20.4 Å². The van der Waals surface area contributed by atoms with Crippen LogP contribution in [0.15, 0.2) is 28.8 Å². The molecule has 0 saturated carbocycles. The van der Waals surface area contributed by atoms with Gasteiger partial charge in [0.1, 0.15) is 23.2 Å². The number of hydrogen-bond donors (Lipinski definition) is 1. The highest BCUT2D eigenvalue weighted by Gasteiger charge is 1.99. The normalized spacial score (nSPS) is 10.3. The summed E-state index contributed by atoms with van der Waals surface area (Å²) in [6.45, 7) is 4.44. The molecule has 0 aliphatic heterocycles. The second-order valence-electron chi connectivity index (χ2n) is 3.36. The largest absolute Gasteiger partial charge is 0.465 e. The van der Waals surface area contributed by atoms with E-state index in [1.165, 1.54) is 0 Å². The summed E-state index contributed by atoms with van der Waals surface area (Å²) in [6, 6.07) is 5.74. The number of anilines is 1. The molecule has 0 unspecified atom stereocenters. The minimum Gasteiger partial charge on any atom is -0.465 e. The van der Waals surface area contributed by atoms with Gasteiger partial charge < -0.3 is 9.73 Å². The molecule has 78 valence electrons. The number of furan rings is 1. The molecule has 0 spiro atoms. The first kappa shape index (κ1) is 9.71. The summed E-state index contributed by atoms with van der Waals surface area (Å²) in [7, 11) is 0. The van der Waals surface area contributed by atoms with E-state index in [9.17, 15) is 0 Å². The van der Waals surface area contributed by atoms with Gasteiger partial charge in [-0.1, -0.05) is 0 Å². The summed E-state index contributed by atoms with van der Waals surface area (Å²) in [5.41, 5.74) is 0. The Morgan fingerprint density at radius 2 is 2.13 bits per heavy atom. The van der Waals surface area contributed by atoms with E-state index in [1.807, 2.05) is 32.0 Å². The Labute approximate surface area is 88.4 Å². The molecule has 0 saturated heterocycles. The molecule has 0 radical (unpaired) electrons. The summed E-state index contributed by atoms with van der Waals surface area (Å²) in [5, 5.41) is 3.17. The van der Waals surface area contributed by atoms with Crippen LogP contribution in [0.5, 0.6) is 0 Å². The van der Waals surface area contributed by atoms with Gasteiger partial charge in [-0.05, 0) is 32.0 Å². The highest BCUT2D eigenvalue weighted by molar-refractivity contribution is 5.33. The van der Waals surface area contributed by atoms with Crippen LogP contribution < -0.4 is 5.32 Å². The van der Waals surface area contributed by atoms with E-state index >= 15 is 0 Å². The van der Waals surface area contributed by atoms with Gasteiger partial charge in [0.15, 0.2) is 0 Å². The van der Waals surface area contributed by atoms with Gasteiger partial charge in [-0.3, -0.25) is 0 Å². The molecule has 0 aliphatic rings. The van der Waals surface area contributed by atoms with Crippen molar-refractivity contribution >= 4 is 5.82 Å². The monoisotopic (exact) mass is 203 g/mol. The van der Waals surface area contributed by atoms with Crippen LogP contribution in [0.4, 0.5) is 5.82 Å². The molecule has 4 heteroatoms. The third-order valence-corrected chi connectivity index (χ3v) is 2.02. The van der Waals surface area contributed by atoms with Gasteiger partial charge in [-0.2, -0.15) is 0 Å².